The number of hydrogen-bond donors (Lipinski definition) is 3. The number of hydrogen-bond acceptors (Lipinski definition) is 3. The summed E-state index contributed by atoms with van der Waals surface area (Å²) in [7, 11) is 0. The van der Waals surface area contributed by atoms with Crippen molar-refractivity contribution in [1.82, 2.24) is 20.8 Å². The number of carbonyl (C=O) groups excluding carboxylic acids is 2. The van der Waals surface area contributed by atoms with Crippen molar-refractivity contribution in [2.75, 3.05) is 13.1 Å². The maximum absolute atomic E-state index is 11.9. The third kappa shape index (κ3) is 3.81. The van der Waals surface area contributed by atoms with Crippen LogP contribution in [0.1, 0.15) is 30.5 Å². The van der Waals surface area contributed by atoms with Crippen LogP contribution < -0.4 is 10.6 Å². The molecule has 1 aromatic heterocycles. The Morgan fingerprint density at radius 1 is 1.58 bits per heavy atom. The molecule has 1 aliphatic rings. The van der Waals surface area contributed by atoms with Crippen LogP contribution in [0.2, 0.25) is 0 Å². The third-order valence-corrected chi connectivity index (χ3v) is 3.49. The van der Waals surface area contributed by atoms with E-state index >= 15 is 0 Å². The summed E-state index contributed by atoms with van der Waals surface area (Å²) in [6, 6.07) is 0. The van der Waals surface area contributed by atoms with E-state index in [-0.39, 0.29) is 17.7 Å². The van der Waals surface area contributed by atoms with Gasteiger partial charge in [0.2, 0.25) is 11.8 Å². The van der Waals surface area contributed by atoms with Gasteiger partial charge in [0.15, 0.2) is 0 Å². The number of nitrogens with one attached hydrogen (secondary N) is 3. The molecular weight excluding hydrogens is 244 g/mol. The third-order valence-electron chi connectivity index (χ3n) is 3.49. The zero-order chi connectivity index (χ0) is 13.7. The van der Waals surface area contributed by atoms with Crippen LogP contribution in [0.25, 0.3) is 0 Å². The van der Waals surface area contributed by atoms with Crippen LogP contribution >= 0.6 is 0 Å². The van der Waals surface area contributed by atoms with Crippen molar-refractivity contribution in [3.8, 4) is 0 Å². The average Bonchev–Trinajstić information content (AvgIpc) is 2.81. The molecule has 1 aliphatic heterocycles. The monoisotopic (exact) mass is 264 g/mol. The topological polar surface area (TPSA) is 86.9 Å². The highest BCUT2D eigenvalue weighted by molar-refractivity contribution is 5.83. The maximum Gasteiger partial charge on any atom is 0.224 e. The van der Waals surface area contributed by atoms with Gasteiger partial charge in [-0.15, -0.1) is 0 Å². The standard InChI is InChI=1S/C13H20N4O2/c1-9-10(8-16-17-9)3-2-6-14-13(19)11-4-5-12(18)15-7-11/h8,11H,2-7H2,1H3,(H,14,19)(H,15,18)(H,16,17). The van der Waals surface area contributed by atoms with E-state index in [9.17, 15) is 9.59 Å². The molecular formula is C13H20N4O2. The second-order valence-corrected chi connectivity index (χ2v) is 4.95. The van der Waals surface area contributed by atoms with E-state index in [0.717, 1.165) is 18.5 Å². The van der Waals surface area contributed by atoms with Crippen molar-refractivity contribution < 1.29 is 9.59 Å². The molecule has 6 heteroatoms. The van der Waals surface area contributed by atoms with E-state index in [2.05, 4.69) is 20.8 Å². The van der Waals surface area contributed by atoms with E-state index in [1.807, 2.05) is 13.1 Å². The van der Waals surface area contributed by atoms with Crippen LogP contribution in [0.3, 0.4) is 0 Å². The molecule has 1 aromatic rings. The lowest BCUT2D eigenvalue weighted by Gasteiger charge is -2.21. The van der Waals surface area contributed by atoms with Crippen LogP contribution in [0.5, 0.6) is 0 Å². The maximum atomic E-state index is 11.9. The number of H-pyrrole nitrogens is 1. The van der Waals surface area contributed by atoms with E-state index < -0.39 is 0 Å². The van der Waals surface area contributed by atoms with Gasteiger partial charge in [-0.3, -0.25) is 14.7 Å². The lowest BCUT2D eigenvalue weighted by Crippen LogP contribution is -2.43. The summed E-state index contributed by atoms with van der Waals surface area (Å²) < 4.78 is 0. The molecule has 0 bridgehead atoms. The second kappa shape index (κ2) is 6.36. The number of aromatic nitrogens is 2. The van der Waals surface area contributed by atoms with Crippen molar-refractivity contribution in [2.45, 2.75) is 32.6 Å². The molecule has 3 N–H and O–H groups in total. The van der Waals surface area contributed by atoms with Crippen LogP contribution in [-0.4, -0.2) is 35.1 Å². The molecule has 104 valence electrons. The number of aryl methyl sites for hydroxylation is 2. The minimum absolute atomic E-state index is 0.0412. The summed E-state index contributed by atoms with van der Waals surface area (Å²) >= 11 is 0. The molecule has 1 saturated heterocycles. The first-order valence-corrected chi connectivity index (χ1v) is 6.70. The van der Waals surface area contributed by atoms with Gasteiger partial charge in [-0.25, -0.2) is 0 Å². The molecule has 2 rings (SSSR count). The number of carbonyl (C=O) groups is 2. The minimum Gasteiger partial charge on any atom is -0.356 e. The molecule has 1 fully saturated rings. The fourth-order valence-electron chi connectivity index (χ4n) is 2.22. The molecule has 6 nitrogen and oxygen atoms in total. The highest BCUT2D eigenvalue weighted by Crippen LogP contribution is 2.11. The fraction of sp³-hybridized carbons (Fsp3) is 0.615. The van der Waals surface area contributed by atoms with E-state index in [1.165, 1.54) is 5.56 Å². The predicted octanol–water partition coefficient (Wildman–Crippen LogP) is 0.293. The largest absolute Gasteiger partial charge is 0.356 e. The van der Waals surface area contributed by atoms with Crippen molar-refractivity contribution in [3.05, 3.63) is 17.5 Å². The Hall–Kier alpha value is -1.85. The summed E-state index contributed by atoms with van der Waals surface area (Å²) in [5.74, 6) is 0.0109. The van der Waals surface area contributed by atoms with Gasteiger partial charge in [-0.1, -0.05) is 0 Å². The van der Waals surface area contributed by atoms with Gasteiger partial charge in [-0.2, -0.15) is 5.10 Å². The Labute approximate surface area is 112 Å². The second-order valence-electron chi connectivity index (χ2n) is 4.95. The Morgan fingerprint density at radius 2 is 2.42 bits per heavy atom. The number of piperidine rings is 1. The number of amides is 2. The number of nitrogens with zero attached hydrogens (tertiary/aromatic N) is 1. The first kappa shape index (κ1) is 13.6. The molecule has 0 aliphatic carbocycles. The van der Waals surface area contributed by atoms with Crippen molar-refractivity contribution in [1.29, 1.82) is 0 Å². The van der Waals surface area contributed by atoms with Crippen LogP contribution in [0.15, 0.2) is 6.20 Å². The molecule has 0 saturated carbocycles. The Morgan fingerprint density at radius 3 is 3.05 bits per heavy atom. The molecule has 1 unspecified atom stereocenters. The Balaban J connectivity index is 1.64. The predicted molar refractivity (Wildman–Crippen MR) is 70.4 cm³/mol. The van der Waals surface area contributed by atoms with Crippen LogP contribution in [-0.2, 0) is 16.0 Å². The molecule has 0 aromatic carbocycles. The smallest absolute Gasteiger partial charge is 0.224 e. The van der Waals surface area contributed by atoms with Gasteiger partial charge < -0.3 is 10.6 Å². The van der Waals surface area contributed by atoms with E-state index in [0.29, 0.717) is 25.9 Å². The SMILES string of the molecule is Cc1[nH]ncc1CCCNC(=O)C1CCC(=O)NC1. The Bertz CT molecular complexity index is 445. The molecule has 0 spiro atoms. The highest BCUT2D eigenvalue weighted by atomic mass is 16.2. The zero-order valence-electron chi connectivity index (χ0n) is 11.2. The number of rotatable bonds is 5. The van der Waals surface area contributed by atoms with E-state index in [4.69, 9.17) is 0 Å². The first-order valence-electron chi connectivity index (χ1n) is 6.70. The summed E-state index contributed by atoms with van der Waals surface area (Å²) in [4.78, 5) is 22.9. The summed E-state index contributed by atoms with van der Waals surface area (Å²) in [5.41, 5.74) is 2.28. The lowest BCUT2D eigenvalue weighted by atomic mass is 9.98. The normalized spacial score (nSPS) is 19.0. The molecule has 0 radical (unpaired) electrons. The highest BCUT2D eigenvalue weighted by Gasteiger charge is 2.23. The van der Waals surface area contributed by atoms with Crippen LogP contribution in [0, 0.1) is 12.8 Å². The molecule has 2 heterocycles. The fourth-order valence-corrected chi connectivity index (χ4v) is 2.22. The minimum atomic E-state index is -0.0756. The summed E-state index contributed by atoms with van der Waals surface area (Å²) in [6.45, 7) is 3.12. The van der Waals surface area contributed by atoms with Crippen molar-refractivity contribution in [2.24, 2.45) is 5.92 Å². The first-order chi connectivity index (χ1) is 9.16. The van der Waals surface area contributed by atoms with Gasteiger partial charge in [0.05, 0.1) is 12.1 Å². The van der Waals surface area contributed by atoms with Crippen LogP contribution in [0.4, 0.5) is 0 Å². The van der Waals surface area contributed by atoms with E-state index in [1.54, 1.807) is 0 Å². The molecule has 1 atom stereocenters. The van der Waals surface area contributed by atoms with Gasteiger partial charge in [-0.05, 0) is 31.7 Å². The molecule has 19 heavy (non-hydrogen) atoms. The van der Waals surface area contributed by atoms with Crippen molar-refractivity contribution in [3.63, 3.8) is 0 Å². The number of aromatic amines is 1. The van der Waals surface area contributed by atoms with Gasteiger partial charge in [0, 0.05) is 25.2 Å². The Kier molecular flexibility index (Phi) is 4.54. The zero-order valence-corrected chi connectivity index (χ0v) is 11.2. The summed E-state index contributed by atoms with van der Waals surface area (Å²) in [6.07, 6.45) is 4.73. The van der Waals surface area contributed by atoms with Gasteiger partial charge in [0.1, 0.15) is 0 Å². The average molecular weight is 264 g/mol. The summed E-state index contributed by atoms with van der Waals surface area (Å²) in [5, 5.41) is 12.5. The van der Waals surface area contributed by atoms with Gasteiger partial charge in [0.25, 0.3) is 0 Å². The van der Waals surface area contributed by atoms with Crippen molar-refractivity contribution >= 4 is 11.8 Å². The lowest BCUT2D eigenvalue weighted by molar-refractivity contribution is -0.128. The van der Waals surface area contributed by atoms with Gasteiger partial charge >= 0.3 is 0 Å². The quantitative estimate of drug-likeness (QED) is 0.668. The molecule has 2 amide bonds.